The number of alkyl halides is 3. The van der Waals surface area contributed by atoms with E-state index < -0.39 is 6.36 Å². The summed E-state index contributed by atoms with van der Waals surface area (Å²) in [6.45, 7) is 4.75. The predicted octanol–water partition coefficient (Wildman–Crippen LogP) is 5.35. The first-order chi connectivity index (χ1) is 18.1. The second-order valence-electron chi connectivity index (χ2n) is 9.58. The smallest absolute Gasteiger partial charge is 0.406 e. The fraction of sp³-hybridized carbons (Fsp3) is 0.385. The van der Waals surface area contributed by atoms with Gasteiger partial charge in [-0.3, -0.25) is 4.79 Å². The van der Waals surface area contributed by atoms with E-state index in [-0.39, 0.29) is 22.9 Å². The minimum Gasteiger partial charge on any atom is -0.406 e. The van der Waals surface area contributed by atoms with Gasteiger partial charge < -0.3 is 19.9 Å². The van der Waals surface area contributed by atoms with Gasteiger partial charge in [0.25, 0.3) is 0 Å². The van der Waals surface area contributed by atoms with E-state index >= 15 is 0 Å². The van der Waals surface area contributed by atoms with E-state index in [2.05, 4.69) is 24.9 Å². The fourth-order valence-corrected chi connectivity index (χ4v) is 5.28. The quantitative estimate of drug-likeness (QED) is 0.416. The number of piperidine rings is 1. The third-order valence-electron chi connectivity index (χ3n) is 6.93. The number of likely N-dealkylation sites (tertiary alicyclic amines) is 1. The summed E-state index contributed by atoms with van der Waals surface area (Å²) in [5, 5.41) is 3.01. The number of anilines is 3. The third kappa shape index (κ3) is 5.95. The molecule has 2 fully saturated rings. The highest BCUT2D eigenvalue weighted by Gasteiger charge is 2.45. The molecule has 38 heavy (non-hydrogen) atoms. The van der Waals surface area contributed by atoms with Crippen molar-refractivity contribution in [2.75, 3.05) is 42.7 Å². The summed E-state index contributed by atoms with van der Waals surface area (Å²) in [4.78, 5) is 30.5. The number of carbonyl (C=O) groups is 1. The molecule has 0 unspecified atom stereocenters. The number of rotatable bonds is 6. The number of pyridine rings is 1. The van der Waals surface area contributed by atoms with Crippen LogP contribution >= 0.6 is 11.8 Å². The lowest BCUT2D eigenvalue weighted by molar-refractivity contribution is -0.274. The number of aromatic nitrogens is 3. The van der Waals surface area contributed by atoms with Gasteiger partial charge in [-0.15, -0.1) is 24.9 Å². The molecule has 1 spiro atoms. The number of carbonyl (C=O) groups excluding carboxylic acids is 1. The summed E-state index contributed by atoms with van der Waals surface area (Å²) in [6, 6.07) is 12.0. The van der Waals surface area contributed by atoms with Crippen molar-refractivity contribution in [3.63, 3.8) is 0 Å². The Morgan fingerprint density at radius 2 is 1.76 bits per heavy atom. The van der Waals surface area contributed by atoms with E-state index in [9.17, 15) is 18.0 Å². The molecule has 200 valence electrons. The van der Waals surface area contributed by atoms with Gasteiger partial charge in [0, 0.05) is 67.3 Å². The van der Waals surface area contributed by atoms with E-state index in [4.69, 9.17) is 4.98 Å². The number of benzene rings is 1. The van der Waals surface area contributed by atoms with Crippen LogP contribution in [0.5, 0.6) is 5.75 Å². The molecule has 4 heterocycles. The van der Waals surface area contributed by atoms with Crippen molar-refractivity contribution < 1.29 is 22.7 Å². The molecule has 3 aromatic rings. The van der Waals surface area contributed by atoms with Crippen LogP contribution in [-0.2, 0) is 4.79 Å². The lowest BCUT2D eigenvalue weighted by Crippen LogP contribution is -2.61. The number of hydrogen-bond acceptors (Lipinski definition) is 8. The maximum absolute atomic E-state index is 12.7. The van der Waals surface area contributed by atoms with Crippen LogP contribution in [0.3, 0.4) is 0 Å². The maximum Gasteiger partial charge on any atom is 0.573 e. The van der Waals surface area contributed by atoms with Gasteiger partial charge in [-0.2, -0.15) is 0 Å². The van der Waals surface area contributed by atoms with Crippen molar-refractivity contribution in [1.82, 2.24) is 19.9 Å². The van der Waals surface area contributed by atoms with Crippen molar-refractivity contribution in [2.45, 2.75) is 31.0 Å². The molecule has 2 aliphatic heterocycles. The molecule has 2 aromatic heterocycles. The van der Waals surface area contributed by atoms with Crippen molar-refractivity contribution in [3.8, 4) is 17.1 Å². The average Bonchev–Trinajstić information content (AvgIpc) is 2.86. The van der Waals surface area contributed by atoms with Gasteiger partial charge in [0.2, 0.25) is 5.91 Å². The largest absolute Gasteiger partial charge is 0.573 e. The van der Waals surface area contributed by atoms with Gasteiger partial charge in [-0.25, -0.2) is 15.0 Å². The third-order valence-corrected chi connectivity index (χ3v) is 7.67. The minimum atomic E-state index is -4.80. The molecule has 0 saturated carbocycles. The highest BCUT2D eigenvalue weighted by Crippen LogP contribution is 2.43. The number of nitrogens with one attached hydrogen (secondary N) is 1. The summed E-state index contributed by atoms with van der Waals surface area (Å²) < 4.78 is 42.1. The van der Waals surface area contributed by atoms with Gasteiger partial charge in [0.15, 0.2) is 5.82 Å². The summed E-state index contributed by atoms with van der Waals surface area (Å²) in [7, 11) is 0. The summed E-state index contributed by atoms with van der Waals surface area (Å²) in [6.07, 6.45) is 0.319. The van der Waals surface area contributed by atoms with Crippen LogP contribution in [0.15, 0.2) is 53.6 Å². The van der Waals surface area contributed by atoms with Crippen molar-refractivity contribution >= 4 is 35.1 Å². The predicted molar refractivity (Wildman–Crippen MR) is 140 cm³/mol. The van der Waals surface area contributed by atoms with E-state index in [0.29, 0.717) is 17.5 Å². The zero-order chi connectivity index (χ0) is 26.9. The Morgan fingerprint density at radius 1 is 1.05 bits per heavy atom. The summed E-state index contributed by atoms with van der Waals surface area (Å²) in [5.41, 5.74) is 0.968. The second kappa shape index (κ2) is 10.3. The van der Waals surface area contributed by atoms with Crippen molar-refractivity contribution in [3.05, 3.63) is 48.7 Å². The minimum absolute atomic E-state index is 0.109. The lowest BCUT2D eigenvalue weighted by Gasteiger charge is -2.54. The number of hydrogen-bond donors (Lipinski definition) is 1. The Balaban J connectivity index is 1.40. The Labute approximate surface area is 222 Å². The first kappa shape index (κ1) is 26.1. The van der Waals surface area contributed by atoms with Crippen molar-refractivity contribution in [2.24, 2.45) is 5.41 Å². The first-order valence-corrected chi connectivity index (χ1v) is 13.4. The molecule has 1 aromatic carbocycles. The molecule has 5 rings (SSSR count). The second-order valence-corrected chi connectivity index (χ2v) is 10.5. The maximum atomic E-state index is 12.7. The average molecular weight is 545 g/mol. The van der Waals surface area contributed by atoms with Crippen molar-refractivity contribution in [1.29, 1.82) is 0 Å². The topological polar surface area (TPSA) is 83.5 Å². The number of amides is 1. The van der Waals surface area contributed by atoms with Crippen LogP contribution in [-0.4, -0.2) is 64.6 Å². The van der Waals surface area contributed by atoms with Gasteiger partial charge in [-0.05, 0) is 37.3 Å². The molecule has 2 saturated heterocycles. The molecule has 8 nitrogen and oxygen atoms in total. The first-order valence-electron chi connectivity index (χ1n) is 12.1. The molecular weight excluding hydrogens is 517 g/mol. The Bertz CT molecular complexity index is 1310. The molecule has 12 heteroatoms. The highest BCUT2D eigenvalue weighted by molar-refractivity contribution is 7.98. The van der Waals surface area contributed by atoms with Crippen LogP contribution in [0.2, 0.25) is 0 Å². The van der Waals surface area contributed by atoms with Gasteiger partial charge in [-0.1, -0.05) is 12.1 Å². The Morgan fingerprint density at radius 3 is 2.39 bits per heavy atom. The van der Waals surface area contributed by atoms with Gasteiger partial charge >= 0.3 is 6.36 Å². The highest BCUT2D eigenvalue weighted by atomic mass is 32.2. The van der Waals surface area contributed by atoms with Crippen LogP contribution in [0, 0.1) is 5.41 Å². The van der Waals surface area contributed by atoms with Gasteiger partial charge in [0.05, 0.1) is 0 Å². The monoisotopic (exact) mass is 544 g/mol. The molecule has 0 radical (unpaired) electrons. The fourth-order valence-electron chi connectivity index (χ4n) is 4.88. The van der Waals surface area contributed by atoms with Crippen LogP contribution in [0.25, 0.3) is 11.4 Å². The molecule has 0 atom stereocenters. The normalized spacial score (nSPS) is 16.8. The Kier molecular flexibility index (Phi) is 7.08. The van der Waals surface area contributed by atoms with Crippen LogP contribution in [0.4, 0.5) is 30.6 Å². The van der Waals surface area contributed by atoms with Crippen LogP contribution < -0.4 is 15.0 Å². The van der Waals surface area contributed by atoms with E-state index in [1.54, 1.807) is 24.8 Å². The molecule has 2 aliphatic rings. The zero-order valence-electron chi connectivity index (χ0n) is 21.0. The molecule has 1 amide bonds. The van der Waals surface area contributed by atoms with E-state index in [1.807, 2.05) is 35.4 Å². The molecule has 0 aliphatic carbocycles. The number of nitrogens with zero attached hydrogens (tertiary/aromatic N) is 5. The van der Waals surface area contributed by atoms with E-state index in [1.165, 1.54) is 12.3 Å². The number of ether oxygens (including phenoxy) is 1. The molecular formula is C26H27F3N6O2S. The standard InChI is InChI=1S/C26H27F3N6O2S/c1-17(36)34-11-8-25(9-12-34)15-35(16-25)23-14-22(31-21-13-19(7-10-30-21)37-26(27,28)29)32-24(33-23)18-3-5-20(38-2)6-4-18/h3-7,10,13-14H,8-9,11-12,15-16H2,1-2H3,(H,30,31,32,33). The Hall–Kier alpha value is -3.54. The van der Waals surface area contributed by atoms with Crippen LogP contribution in [0.1, 0.15) is 19.8 Å². The SMILES string of the molecule is CSc1ccc(-c2nc(Nc3cc(OC(F)(F)F)ccn3)cc(N3CC4(CCN(C(C)=O)CC4)C3)n2)cc1. The summed E-state index contributed by atoms with van der Waals surface area (Å²) in [5.74, 6) is 1.51. The van der Waals surface area contributed by atoms with Gasteiger partial charge in [0.1, 0.15) is 23.2 Å². The molecule has 1 N–H and O–H groups in total. The van der Waals surface area contributed by atoms with E-state index in [0.717, 1.165) is 55.5 Å². The lowest BCUT2D eigenvalue weighted by atomic mass is 9.72. The number of thioether (sulfide) groups is 1. The molecule has 0 bridgehead atoms. The summed E-state index contributed by atoms with van der Waals surface area (Å²) >= 11 is 1.63. The zero-order valence-corrected chi connectivity index (χ0v) is 21.8. The number of halogens is 3.